The lowest BCUT2D eigenvalue weighted by atomic mass is 10.1. The molecule has 1 heterocycles. The first kappa shape index (κ1) is 11.2. The van der Waals surface area contributed by atoms with Gasteiger partial charge < -0.3 is 9.17 Å². The molecule has 1 aromatic carbocycles. The Hall–Kier alpha value is -1.26. The van der Waals surface area contributed by atoms with Gasteiger partial charge in [0.15, 0.2) is 0 Å². The maximum absolute atomic E-state index is 10.6. The van der Waals surface area contributed by atoms with Crippen molar-refractivity contribution in [2.75, 3.05) is 6.61 Å². The van der Waals surface area contributed by atoms with Crippen LogP contribution in [-0.2, 0) is 15.4 Å². The predicted octanol–water partition coefficient (Wildman–Crippen LogP) is 2.92. The second-order valence-electron chi connectivity index (χ2n) is 3.51. The van der Waals surface area contributed by atoms with Gasteiger partial charge >= 0.3 is 0 Å². The standard InChI is InChI=1S/C12H13NO2S/c1-9(14)16-15-7-6-10-8-13-12-5-3-2-4-11(10)12/h2-5,8,13H,6-7H2,1H3. The summed E-state index contributed by atoms with van der Waals surface area (Å²) in [7, 11) is 0. The minimum absolute atomic E-state index is 0.0149. The summed E-state index contributed by atoms with van der Waals surface area (Å²) in [5.74, 6) is 0. The summed E-state index contributed by atoms with van der Waals surface area (Å²) in [6, 6.07) is 8.15. The molecule has 1 N–H and O–H groups in total. The van der Waals surface area contributed by atoms with E-state index in [1.807, 2.05) is 24.4 Å². The average molecular weight is 235 g/mol. The van der Waals surface area contributed by atoms with Gasteiger partial charge in [-0.2, -0.15) is 0 Å². The highest BCUT2D eigenvalue weighted by Gasteiger charge is 2.03. The van der Waals surface area contributed by atoms with Crippen LogP contribution in [0.25, 0.3) is 10.9 Å². The van der Waals surface area contributed by atoms with Gasteiger partial charge in [0.2, 0.25) is 5.12 Å². The fourth-order valence-corrected chi connectivity index (χ4v) is 1.95. The Bertz CT molecular complexity index is 492. The van der Waals surface area contributed by atoms with E-state index in [1.54, 1.807) is 0 Å². The summed E-state index contributed by atoms with van der Waals surface area (Å²) in [6.45, 7) is 2.04. The molecule has 16 heavy (non-hydrogen) atoms. The van der Waals surface area contributed by atoms with Crippen LogP contribution in [0, 0.1) is 0 Å². The Balaban J connectivity index is 1.97. The van der Waals surface area contributed by atoms with Crippen molar-refractivity contribution in [1.82, 2.24) is 4.98 Å². The molecule has 0 aliphatic heterocycles. The Labute approximate surface area is 98.4 Å². The third-order valence-electron chi connectivity index (χ3n) is 2.31. The highest BCUT2D eigenvalue weighted by atomic mass is 32.2. The van der Waals surface area contributed by atoms with Crippen LogP contribution in [0.1, 0.15) is 12.5 Å². The van der Waals surface area contributed by atoms with Crippen LogP contribution in [0.5, 0.6) is 0 Å². The first-order chi connectivity index (χ1) is 7.77. The molecule has 0 radical (unpaired) electrons. The number of fused-ring (bicyclic) bond motifs is 1. The van der Waals surface area contributed by atoms with Crippen LogP contribution in [-0.4, -0.2) is 16.7 Å². The minimum Gasteiger partial charge on any atom is -0.361 e. The fourth-order valence-electron chi connectivity index (χ4n) is 1.61. The summed E-state index contributed by atoms with van der Waals surface area (Å²) >= 11 is 0.909. The van der Waals surface area contributed by atoms with Crippen LogP contribution in [0.3, 0.4) is 0 Å². The monoisotopic (exact) mass is 235 g/mol. The molecule has 4 heteroatoms. The van der Waals surface area contributed by atoms with E-state index in [0.29, 0.717) is 6.61 Å². The van der Waals surface area contributed by atoms with Crippen LogP contribution < -0.4 is 0 Å². The molecular formula is C12H13NO2S. The average Bonchev–Trinajstić information content (AvgIpc) is 2.68. The van der Waals surface area contributed by atoms with Gasteiger partial charge in [-0.25, -0.2) is 0 Å². The predicted molar refractivity (Wildman–Crippen MR) is 66.2 cm³/mol. The molecule has 2 rings (SSSR count). The lowest BCUT2D eigenvalue weighted by molar-refractivity contribution is -0.109. The zero-order chi connectivity index (χ0) is 11.4. The Morgan fingerprint density at radius 1 is 1.44 bits per heavy atom. The molecule has 3 nitrogen and oxygen atoms in total. The summed E-state index contributed by atoms with van der Waals surface area (Å²) in [5, 5.41) is 1.21. The quantitative estimate of drug-likeness (QED) is 0.654. The van der Waals surface area contributed by atoms with E-state index in [-0.39, 0.29) is 5.12 Å². The van der Waals surface area contributed by atoms with Gasteiger partial charge in [0.25, 0.3) is 0 Å². The molecule has 0 unspecified atom stereocenters. The third-order valence-corrected chi connectivity index (χ3v) is 2.83. The zero-order valence-electron chi connectivity index (χ0n) is 9.03. The molecule has 2 aromatic rings. The number of hydrogen-bond acceptors (Lipinski definition) is 3. The zero-order valence-corrected chi connectivity index (χ0v) is 9.84. The summed E-state index contributed by atoms with van der Waals surface area (Å²) in [4.78, 5) is 13.9. The number of rotatable bonds is 4. The molecule has 84 valence electrons. The lowest BCUT2D eigenvalue weighted by Crippen LogP contribution is -1.94. The maximum atomic E-state index is 10.6. The number of aromatic nitrogens is 1. The lowest BCUT2D eigenvalue weighted by Gasteiger charge is -1.99. The number of para-hydroxylation sites is 1. The Kier molecular flexibility index (Phi) is 3.64. The fraction of sp³-hybridized carbons (Fsp3) is 0.250. The summed E-state index contributed by atoms with van der Waals surface area (Å²) < 4.78 is 5.17. The first-order valence-corrected chi connectivity index (χ1v) is 5.86. The largest absolute Gasteiger partial charge is 0.361 e. The normalized spacial score (nSPS) is 10.8. The van der Waals surface area contributed by atoms with Crippen molar-refractivity contribution in [2.45, 2.75) is 13.3 Å². The molecule has 0 atom stereocenters. The second-order valence-corrected chi connectivity index (χ2v) is 4.48. The van der Waals surface area contributed by atoms with Gasteiger partial charge in [-0.05, 0) is 18.1 Å². The van der Waals surface area contributed by atoms with Gasteiger partial charge in [-0.1, -0.05) is 18.2 Å². The van der Waals surface area contributed by atoms with Gasteiger partial charge in [0.05, 0.1) is 18.6 Å². The van der Waals surface area contributed by atoms with Gasteiger partial charge in [-0.3, -0.25) is 4.79 Å². The van der Waals surface area contributed by atoms with Crippen molar-refractivity contribution in [1.29, 1.82) is 0 Å². The molecular weight excluding hydrogens is 222 g/mol. The van der Waals surface area contributed by atoms with E-state index in [1.165, 1.54) is 17.9 Å². The third kappa shape index (κ3) is 2.65. The summed E-state index contributed by atoms with van der Waals surface area (Å²) in [6.07, 6.45) is 2.80. The first-order valence-electron chi connectivity index (χ1n) is 5.12. The van der Waals surface area contributed by atoms with Crippen LogP contribution in [0.4, 0.5) is 0 Å². The SMILES string of the molecule is CC(=O)SOCCc1c[nH]c2ccccc12. The number of aromatic amines is 1. The van der Waals surface area contributed by atoms with E-state index >= 15 is 0 Å². The van der Waals surface area contributed by atoms with Crippen molar-refractivity contribution in [2.24, 2.45) is 0 Å². The van der Waals surface area contributed by atoms with E-state index in [9.17, 15) is 4.79 Å². The highest BCUT2D eigenvalue weighted by Crippen LogP contribution is 2.18. The summed E-state index contributed by atoms with van der Waals surface area (Å²) in [5.41, 5.74) is 2.36. The van der Waals surface area contributed by atoms with E-state index in [2.05, 4.69) is 11.1 Å². The van der Waals surface area contributed by atoms with Crippen molar-refractivity contribution < 1.29 is 8.98 Å². The van der Waals surface area contributed by atoms with Crippen LogP contribution >= 0.6 is 12.0 Å². The molecule has 1 aromatic heterocycles. The van der Waals surface area contributed by atoms with Crippen molar-refractivity contribution in [3.63, 3.8) is 0 Å². The van der Waals surface area contributed by atoms with Crippen molar-refractivity contribution in [3.8, 4) is 0 Å². The number of H-pyrrole nitrogens is 1. The van der Waals surface area contributed by atoms with E-state index in [0.717, 1.165) is 24.0 Å². The van der Waals surface area contributed by atoms with Crippen LogP contribution in [0.15, 0.2) is 30.5 Å². The van der Waals surface area contributed by atoms with Gasteiger partial charge in [-0.15, -0.1) is 0 Å². The minimum atomic E-state index is -0.0149. The molecule has 0 amide bonds. The van der Waals surface area contributed by atoms with Crippen LogP contribution in [0.2, 0.25) is 0 Å². The number of hydrogen-bond donors (Lipinski definition) is 1. The van der Waals surface area contributed by atoms with Crippen molar-refractivity contribution >= 4 is 28.1 Å². The molecule has 0 aliphatic carbocycles. The molecule has 0 fully saturated rings. The topological polar surface area (TPSA) is 42.1 Å². The van der Waals surface area contributed by atoms with Gasteiger partial charge in [0.1, 0.15) is 0 Å². The number of benzene rings is 1. The highest BCUT2D eigenvalue weighted by molar-refractivity contribution is 8.09. The number of carbonyl (C=O) groups is 1. The second kappa shape index (κ2) is 5.18. The molecule has 0 saturated heterocycles. The number of nitrogens with one attached hydrogen (secondary N) is 1. The molecule has 0 spiro atoms. The molecule has 0 aliphatic rings. The Morgan fingerprint density at radius 2 is 2.25 bits per heavy atom. The molecule has 0 bridgehead atoms. The van der Waals surface area contributed by atoms with Crippen molar-refractivity contribution in [3.05, 3.63) is 36.0 Å². The maximum Gasteiger partial charge on any atom is 0.212 e. The van der Waals surface area contributed by atoms with E-state index in [4.69, 9.17) is 4.18 Å². The smallest absolute Gasteiger partial charge is 0.212 e. The molecule has 0 saturated carbocycles. The number of carbonyl (C=O) groups excluding carboxylic acids is 1. The van der Waals surface area contributed by atoms with E-state index < -0.39 is 0 Å². The Morgan fingerprint density at radius 3 is 3.06 bits per heavy atom. The van der Waals surface area contributed by atoms with Gasteiger partial charge in [0, 0.05) is 24.0 Å².